The highest BCUT2D eigenvalue weighted by Gasteiger charge is 2.11. The van der Waals surface area contributed by atoms with E-state index in [1.54, 1.807) is 12.1 Å². The second-order valence-electron chi connectivity index (χ2n) is 3.33. The number of carbonyl (C=O) groups is 1. The number of benzene rings is 1. The molecule has 0 aliphatic rings. The molecule has 1 aromatic rings. The highest BCUT2D eigenvalue weighted by atomic mass is 19.1. The summed E-state index contributed by atoms with van der Waals surface area (Å²) in [6.45, 7) is -0.617. The van der Waals surface area contributed by atoms with Gasteiger partial charge in [-0.1, -0.05) is 0 Å². The van der Waals surface area contributed by atoms with Crippen molar-refractivity contribution >= 4 is 6.29 Å². The van der Waals surface area contributed by atoms with Crippen molar-refractivity contribution in [3.63, 3.8) is 0 Å². The average molecular weight is 226 g/mol. The molecule has 0 atom stereocenters. The number of ether oxygens (including phenoxy) is 2. The van der Waals surface area contributed by atoms with Crippen LogP contribution in [0.2, 0.25) is 0 Å². The number of methoxy groups -OCH3 is 2. The lowest BCUT2D eigenvalue weighted by molar-refractivity contribution is -0.107. The van der Waals surface area contributed by atoms with Gasteiger partial charge >= 0.3 is 0 Å². The van der Waals surface area contributed by atoms with Gasteiger partial charge < -0.3 is 14.3 Å². The van der Waals surface area contributed by atoms with Crippen molar-refractivity contribution < 1.29 is 18.7 Å². The third kappa shape index (κ3) is 2.72. The van der Waals surface area contributed by atoms with Crippen molar-refractivity contribution in [2.45, 2.75) is 19.5 Å². The highest BCUT2D eigenvalue weighted by molar-refractivity contribution is 5.52. The molecular formula is C12H15FO3. The molecular weight excluding hydrogens is 211 g/mol. The molecule has 0 N–H and O–H groups in total. The zero-order chi connectivity index (χ0) is 12.0. The van der Waals surface area contributed by atoms with Crippen molar-refractivity contribution in [1.82, 2.24) is 0 Å². The summed E-state index contributed by atoms with van der Waals surface area (Å²) in [4.78, 5) is 10.3. The van der Waals surface area contributed by atoms with Gasteiger partial charge in [-0.05, 0) is 24.1 Å². The van der Waals surface area contributed by atoms with Gasteiger partial charge in [0.05, 0.1) is 14.2 Å². The fourth-order valence-corrected chi connectivity index (χ4v) is 1.58. The van der Waals surface area contributed by atoms with Gasteiger partial charge in [-0.25, -0.2) is 4.39 Å². The fraction of sp³-hybridized carbons (Fsp3) is 0.417. The van der Waals surface area contributed by atoms with E-state index in [1.807, 2.05) is 0 Å². The van der Waals surface area contributed by atoms with E-state index in [0.29, 0.717) is 29.9 Å². The Morgan fingerprint density at radius 2 is 2.06 bits per heavy atom. The Hall–Kier alpha value is -1.58. The lowest BCUT2D eigenvalue weighted by Gasteiger charge is -2.12. The third-order valence-corrected chi connectivity index (χ3v) is 2.31. The summed E-state index contributed by atoms with van der Waals surface area (Å²) < 4.78 is 23.0. The zero-order valence-corrected chi connectivity index (χ0v) is 9.46. The quantitative estimate of drug-likeness (QED) is 0.698. The monoisotopic (exact) mass is 226 g/mol. The molecule has 88 valence electrons. The summed E-state index contributed by atoms with van der Waals surface area (Å²) in [6, 6.07) is 3.46. The summed E-state index contributed by atoms with van der Waals surface area (Å²) in [7, 11) is 2.98. The van der Waals surface area contributed by atoms with Crippen LogP contribution in [0.3, 0.4) is 0 Å². The Kier molecular flexibility index (Phi) is 4.76. The van der Waals surface area contributed by atoms with Crippen molar-refractivity contribution in [2.75, 3.05) is 14.2 Å². The van der Waals surface area contributed by atoms with Crippen LogP contribution in [0.4, 0.5) is 4.39 Å². The SMILES string of the molecule is COc1cc(CCC=O)cc(CF)c1OC. The summed E-state index contributed by atoms with van der Waals surface area (Å²) in [6.07, 6.45) is 1.84. The van der Waals surface area contributed by atoms with E-state index in [-0.39, 0.29) is 0 Å². The van der Waals surface area contributed by atoms with Gasteiger partial charge in [0, 0.05) is 12.0 Å². The van der Waals surface area contributed by atoms with Crippen LogP contribution in [0.1, 0.15) is 17.5 Å². The summed E-state index contributed by atoms with van der Waals surface area (Å²) >= 11 is 0. The highest BCUT2D eigenvalue weighted by Crippen LogP contribution is 2.33. The molecule has 0 saturated carbocycles. The fourth-order valence-electron chi connectivity index (χ4n) is 1.58. The van der Waals surface area contributed by atoms with Gasteiger partial charge in [-0.3, -0.25) is 0 Å². The number of hydrogen-bond donors (Lipinski definition) is 0. The van der Waals surface area contributed by atoms with E-state index in [0.717, 1.165) is 11.8 Å². The summed E-state index contributed by atoms with van der Waals surface area (Å²) in [5.74, 6) is 0.915. The maximum absolute atomic E-state index is 12.8. The van der Waals surface area contributed by atoms with Crippen LogP contribution in [-0.2, 0) is 17.9 Å². The first-order valence-corrected chi connectivity index (χ1v) is 5.00. The lowest BCUT2D eigenvalue weighted by atomic mass is 10.1. The average Bonchev–Trinajstić information content (AvgIpc) is 2.34. The third-order valence-electron chi connectivity index (χ3n) is 2.31. The first-order chi connectivity index (χ1) is 7.76. The van der Waals surface area contributed by atoms with Crippen molar-refractivity contribution in [3.8, 4) is 11.5 Å². The molecule has 0 aromatic heterocycles. The Morgan fingerprint density at radius 3 is 2.56 bits per heavy atom. The first kappa shape index (κ1) is 12.5. The number of alkyl halides is 1. The van der Waals surface area contributed by atoms with E-state index >= 15 is 0 Å². The Labute approximate surface area is 94.2 Å². The minimum absolute atomic E-state index is 0.417. The van der Waals surface area contributed by atoms with Crippen LogP contribution in [0.15, 0.2) is 12.1 Å². The van der Waals surface area contributed by atoms with Crippen molar-refractivity contribution in [1.29, 1.82) is 0 Å². The van der Waals surface area contributed by atoms with E-state index in [4.69, 9.17) is 9.47 Å². The number of rotatable bonds is 6. The standard InChI is InChI=1S/C12H15FO3/c1-15-11-7-9(4-3-5-14)6-10(8-13)12(11)16-2/h5-7H,3-4,8H2,1-2H3. The van der Waals surface area contributed by atoms with Gasteiger partial charge in [-0.2, -0.15) is 0 Å². The van der Waals surface area contributed by atoms with Gasteiger partial charge in [-0.15, -0.1) is 0 Å². The normalized spacial score (nSPS) is 9.94. The molecule has 0 aliphatic carbocycles. The van der Waals surface area contributed by atoms with Gasteiger partial charge in [0.25, 0.3) is 0 Å². The molecule has 0 amide bonds. The predicted octanol–water partition coefficient (Wildman–Crippen LogP) is 2.30. The summed E-state index contributed by atoms with van der Waals surface area (Å²) in [5, 5.41) is 0. The molecule has 1 aromatic carbocycles. The van der Waals surface area contributed by atoms with E-state index < -0.39 is 6.67 Å². The van der Waals surface area contributed by atoms with Crippen LogP contribution in [-0.4, -0.2) is 20.5 Å². The minimum Gasteiger partial charge on any atom is -0.493 e. The topological polar surface area (TPSA) is 35.5 Å². The number of aldehydes is 1. The van der Waals surface area contributed by atoms with Crippen LogP contribution >= 0.6 is 0 Å². The van der Waals surface area contributed by atoms with E-state index in [9.17, 15) is 9.18 Å². The molecule has 0 heterocycles. The molecule has 0 unspecified atom stereocenters. The van der Waals surface area contributed by atoms with E-state index in [2.05, 4.69) is 0 Å². The van der Waals surface area contributed by atoms with Gasteiger partial charge in [0.2, 0.25) is 0 Å². The Balaban J connectivity index is 3.09. The molecule has 0 aliphatic heterocycles. The Bertz CT molecular complexity index is 338. The molecule has 0 bridgehead atoms. The maximum Gasteiger partial charge on any atom is 0.166 e. The van der Waals surface area contributed by atoms with Crippen LogP contribution in [0, 0.1) is 0 Å². The number of carbonyl (C=O) groups excluding carboxylic acids is 1. The van der Waals surface area contributed by atoms with Gasteiger partial charge in [0.1, 0.15) is 13.0 Å². The molecule has 3 nitrogen and oxygen atoms in total. The zero-order valence-electron chi connectivity index (χ0n) is 9.46. The van der Waals surface area contributed by atoms with Crippen LogP contribution in [0.25, 0.3) is 0 Å². The predicted molar refractivity (Wildman–Crippen MR) is 58.7 cm³/mol. The largest absolute Gasteiger partial charge is 0.493 e. The van der Waals surface area contributed by atoms with Crippen molar-refractivity contribution in [3.05, 3.63) is 23.3 Å². The number of hydrogen-bond acceptors (Lipinski definition) is 3. The Morgan fingerprint density at radius 1 is 1.31 bits per heavy atom. The van der Waals surface area contributed by atoms with Crippen LogP contribution in [0.5, 0.6) is 11.5 Å². The molecule has 0 saturated heterocycles. The molecule has 16 heavy (non-hydrogen) atoms. The molecule has 0 fully saturated rings. The number of halogens is 1. The molecule has 1 rings (SSSR count). The summed E-state index contributed by atoms with van der Waals surface area (Å²) in [5.41, 5.74) is 1.32. The minimum atomic E-state index is -0.617. The number of aryl methyl sites for hydroxylation is 1. The molecule has 0 spiro atoms. The first-order valence-electron chi connectivity index (χ1n) is 5.00. The second-order valence-corrected chi connectivity index (χ2v) is 3.33. The van der Waals surface area contributed by atoms with Gasteiger partial charge in [0.15, 0.2) is 11.5 Å². The second kappa shape index (κ2) is 6.10. The lowest BCUT2D eigenvalue weighted by Crippen LogP contribution is -1.98. The van der Waals surface area contributed by atoms with E-state index in [1.165, 1.54) is 14.2 Å². The van der Waals surface area contributed by atoms with Crippen molar-refractivity contribution in [2.24, 2.45) is 0 Å². The van der Waals surface area contributed by atoms with Crippen LogP contribution < -0.4 is 9.47 Å². The molecule has 0 radical (unpaired) electrons. The molecule has 4 heteroatoms. The maximum atomic E-state index is 12.8. The smallest absolute Gasteiger partial charge is 0.166 e.